The van der Waals surface area contributed by atoms with E-state index in [-0.39, 0.29) is 17.1 Å². The number of amides is 1. The number of carbonyl (C=O) groups excluding carboxylic acids is 1. The van der Waals surface area contributed by atoms with Crippen molar-refractivity contribution in [2.75, 3.05) is 6.54 Å². The Balaban J connectivity index is 1.59. The smallest absolute Gasteiger partial charge is 0.395 e. The summed E-state index contributed by atoms with van der Waals surface area (Å²) in [5, 5.41) is 3.60. The number of nitrogens with one attached hydrogen (secondary N) is 1. The first kappa shape index (κ1) is 16.8. The lowest BCUT2D eigenvalue weighted by Crippen LogP contribution is -2.26. The summed E-state index contributed by atoms with van der Waals surface area (Å²) in [6.07, 6.45) is -3.16. The molecule has 0 atom stereocenters. The van der Waals surface area contributed by atoms with E-state index in [1.54, 1.807) is 12.1 Å². The first-order valence-electron chi connectivity index (χ1n) is 6.96. The zero-order valence-electron chi connectivity index (χ0n) is 12.1. The van der Waals surface area contributed by atoms with Crippen molar-refractivity contribution >= 4 is 29.1 Å². The van der Waals surface area contributed by atoms with Gasteiger partial charge in [-0.1, -0.05) is 29.3 Å². The molecule has 126 valence electrons. The third-order valence-corrected chi connectivity index (χ3v) is 4.09. The molecule has 24 heavy (non-hydrogen) atoms. The summed E-state index contributed by atoms with van der Waals surface area (Å²) in [4.78, 5) is 12.1. The van der Waals surface area contributed by atoms with Crippen molar-refractivity contribution in [3.05, 3.63) is 57.6 Å². The summed E-state index contributed by atoms with van der Waals surface area (Å²) >= 11 is 11.8. The molecule has 0 bridgehead atoms. The number of fused-ring (bicyclic) bond motifs is 1. The molecule has 1 N–H and O–H groups in total. The van der Waals surface area contributed by atoms with E-state index in [4.69, 9.17) is 23.2 Å². The monoisotopic (exact) mass is 373 g/mol. The molecule has 1 aliphatic heterocycles. The first-order valence-corrected chi connectivity index (χ1v) is 7.72. The highest BCUT2D eigenvalue weighted by Gasteiger charge is 2.43. The van der Waals surface area contributed by atoms with Crippen LogP contribution < -0.4 is 14.8 Å². The molecule has 8 heteroatoms. The van der Waals surface area contributed by atoms with Gasteiger partial charge in [-0.15, -0.1) is 8.78 Å². The normalized spacial score (nSPS) is 14.5. The molecule has 3 rings (SSSR count). The number of hydrogen-bond donors (Lipinski definition) is 1. The van der Waals surface area contributed by atoms with E-state index in [0.29, 0.717) is 23.0 Å². The lowest BCUT2D eigenvalue weighted by atomic mass is 10.1. The van der Waals surface area contributed by atoms with Gasteiger partial charge in [0.25, 0.3) is 5.91 Å². The van der Waals surface area contributed by atoms with Crippen LogP contribution in [-0.2, 0) is 6.42 Å². The Kier molecular flexibility index (Phi) is 4.51. The fourth-order valence-corrected chi connectivity index (χ4v) is 2.53. The third kappa shape index (κ3) is 3.71. The quantitative estimate of drug-likeness (QED) is 0.869. The molecule has 0 aromatic heterocycles. The maximum atomic E-state index is 13.0. The number of hydrogen-bond acceptors (Lipinski definition) is 3. The minimum Gasteiger partial charge on any atom is -0.395 e. The van der Waals surface area contributed by atoms with Gasteiger partial charge in [-0.25, -0.2) is 0 Å². The van der Waals surface area contributed by atoms with Crippen LogP contribution in [0.3, 0.4) is 0 Å². The molecule has 0 unspecified atom stereocenters. The molecule has 0 saturated heterocycles. The molecule has 0 spiro atoms. The molecule has 4 nitrogen and oxygen atoms in total. The number of rotatable bonds is 4. The van der Waals surface area contributed by atoms with Gasteiger partial charge in [-0.3, -0.25) is 4.79 Å². The second-order valence-electron chi connectivity index (χ2n) is 5.08. The maximum Gasteiger partial charge on any atom is 0.586 e. The van der Waals surface area contributed by atoms with Crippen molar-refractivity contribution < 1.29 is 23.0 Å². The maximum absolute atomic E-state index is 13.0. The summed E-state index contributed by atoms with van der Waals surface area (Å²) in [6.45, 7) is 0.349. The van der Waals surface area contributed by atoms with E-state index in [1.165, 1.54) is 18.2 Å². The van der Waals surface area contributed by atoms with E-state index >= 15 is 0 Å². The summed E-state index contributed by atoms with van der Waals surface area (Å²) in [5.74, 6) is -0.679. The van der Waals surface area contributed by atoms with Crippen molar-refractivity contribution in [1.82, 2.24) is 5.32 Å². The van der Waals surface area contributed by atoms with Crippen LogP contribution in [0.25, 0.3) is 0 Å². The molecule has 1 heterocycles. The molecule has 0 radical (unpaired) electrons. The molecule has 2 aromatic rings. The van der Waals surface area contributed by atoms with Crippen LogP contribution in [0, 0.1) is 0 Å². The van der Waals surface area contributed by atoms with Crippen molar-refractivity contribution in [3.63, 3.8) is 0 Å². The minimum absolute atomic E-state index is 0.104. The van der Waals surface area contributed by atoms with Crippen LogP contribution in [0.5, 0.6) is 11.5 Å². The van der Waals surface area contributed by atoms with Crippen LogP contribution in [0.4, 0.5) is 8.78 Å². The summed E-state index contributed by atoms with van der Waals surface area (Å²) < 4.78 is 34.5. The van der Waals surface area contributed by atoms with Crippen LogP contribution >= 0.6 is 23.2 Å². The van der Waals surface area contributed by atoms with Gasteiger partial charge < -0.3 is 14.8 Å². The molecular weight excluding hydrogens is 363 g/mol. The zero-order valence-corrected chi connectivity index (χ0v) is 13.6. The number of alkyl halides is 2. The van der Waals surface area contributed by atoms with Gasteiger partial charge in [-0.2, -0.15) is 0 Å². The van der Waals surface area contributed by atoms with E-state index in [2.05, 4.69) is 14.8 Å². The van der Waals surface area contributed by atoms with Gasteiger partial charge in [-0.05, 0) is 42.3 Å². The second kappa shape index (κ2) is 6.45. The van der Waals surface area contributed by atoms with Crippen LogP contribution in [0.2, 0.25) is 10.0 Å². The topological polar surface area (TPSA) is 47.6 Å². The van der Waals surface area contributed by atoms with E-state index in [9.17, 15) is 13.6 Å². The largest absolute Gasteiger partial charge is 0.586 e. The minimum atomic E-state index is -3.70. The Hall–Kier alpha value is -2.05. The Morgan fingerprint density at radius 1 is 1.04 bits per heavy atom. The first-order chi connectivity index (χ1) is 11.3. The second-order valence-corrected chi connectivity index (χ2v) is 5.90. The fourth-order valence-electron chi connectivity index (χ4n) is 2.21. The Morgan fingerprint density at radius 2 is 1.79 bits per heavy atom. The van der Waals surface area contributed by atoms with E-state index < -0.39 is 12.2 Å². The molecule has 0 fully saturated rings. The molecular formula is C16H11Cl2F2NO3. The summed E-state index contributed by atoms with van der Waals surface area (Å²) in [7, 11) is 0. The van der Waals surface area contributed by atoms with Crippen LogP contribution in [0.1, 0.15) is 15.9 Å². The van der Waals surface area contributed by atoms with E-state index in [0.717, 1.165) is 5.56 Å². The highest BCUT2D eigenvalue weighted by atomic mass is 35.5. The Morgan fingerprint density at radius 3 is 2.54 bits per heavy atom. The van der Waals surface area contributed by atoms with Gasteiger partial charge >= 0.3 is 6.29 Å². The van der Waals surface area contributed by atoms with Gasteiger partial charge in [0.05, 0.1) is 10.0 Å². The average molecular weight is 374 g/mol. The van der Waals surface area contributed by atoms with Crippen molar-refractivity contribution in [2.45, 2.75) is 12.7 Å². The van der Waals surface area contributed by atoms with E-state index in [1.807, 2.05) is 6.07 Å². The third-order valence-electron chi connectivity index (χ3n) is 3.35. The summed E-state index contributed by atoms with van der Waals surface area (Å²) in [6, 6.07) is 9.08. The van der Waals surface area contributed by atoms with Crippen molar-refractivity contribution in [2.24, 2.45) is 0 Å². The van der Waals surface area contributed by atoms with Crippen LogP contribution in [-0.4, -0.2) is 18.7 Å². The van der Waals surface area contributed by atoms with Gasteiger partial charge in [0.1, 0.15) is 0 Å². The van der Waals surface area contributed by atoms with Crippen molar-refractivity contribution in [1.29, 1.82) is 0 Å². The van der Waals surface area contributed by atoms with Gasteiger partial charge in [0.15, 0.2) is 11.5 Å². The molecule has 0 saturated carbocycles. The number of ether oxygens (including phenoxy) is 2. The highest BCUT2D eigenvalue weighted by molar-refractivity contribution is 6.42. The van der Waals surface area contributed by atoms with Crippen molar-refractivity contribution in [3.8, 4) is 11.5 Å². The predicted octanol–water partition coefficient (Wildman–Crippen LogP) is 4.29. The molecule has 1 amide bonds. The Bertz CT molecular complexity index is 799. The number of benzene rings is 2. The summed E-state index contributed by atoms with van der Waals surface area (Å²) in [5.41, 5.74) is 1.11. The predicted molar refractivity (Wildman–Crippen MR) is 85.1 cm³/mol. The molecule has 2 aromatic carbocycles. The zero-order chi connectivity index (χ0) is 17.3. The standard InChI is InChI=1S/C16H11Cl2F2NO3/c17-11-3-1-9(7-12(11)18)5-6-21-15(22)10-2-4-13-14(8-10)24-16(19,20)23-13/h1-4,7-8H,5-6H2,(H,21,22). The molecule has 1 aliphatic rings. The fraction of sp³-hybridized carbons (Fsp3) is 0.188. The lowest BCUT2D eigenvalue weighted by molar-refractivity contribution is -0.286. The van der Waals surface area contributed by atoms with Gasteiger partial charge in [0.2, 0.25) is 0 Å². The van der Waals surface area contributed by atoms with Gasteiger partial charge in [0, 0.05) is 12.1 Å². The molecule has 0 aliphatic carbocycles. The highest BCUT2D eigenvalue weighted by Crippen LogP contribution is 2.41. The van der Waals surface area contributed by atoms with Crippen LogP contribution in [0.15, 0.2) is 36.4 Å². The lowest BCUT2D eigenvalue weighted by Gasteiger charge is -2.07. The Labute approximate surface area is 146 Å². The SMILES string of the molecule is O=C(NCCc1ccc(Cl)c(Cl)c1)c1ccc2c(c1)OC(F)(F)O2. The number of carbonyl (C=O) groups is 1. The average Bonchev–Trinajstić information content (AvgIpc) is 2.83. The number of halogens is 4.